The molecule has 0 unspecified atom stereocenters. The highest BCUT2D eigenvalue weighted by Crippen LogP contribution is 2.24. The van der Waals surface area contributed by atoms with Gasteiger partial charge in [0, 0.05) is 29.8 Å². The van der Waals surface area contributed by atoms with E-state index >= 15 is 0 Å². The number of likely N-dealkylation sites (tertiary alicyclic amines) is 1. The molecule has 0 radical (unpaired) electrons. The van der Waals surface area contributed by atoms with Crippen LogP contribution in [0, 0.1) is 0 Å². The standard InChI is InChI=1S/C18H18ClNO2/c19-15-6-4-14(5-7-15)17-10-8-16(22-17)9-11-18(21)20-12-2-1-3-13-20/h4-11H,1-3,12-13H2/b11-9+. The Bertz CT molecular complexity index is 667. The summed E-state index contributed by atoms with van der Waals surface area (Å²) >= 11 is 5.88. The summed E-state index contributed by atoms with van der Waals surface area (Å²) in [6.07, 6.45) is 6.74. The number of benzene rings is 1. The zero-order chi connectivity index (χ0) is 15.4. The van der Waals surface area contributed by atoms with E-state index in [4.69, 9.17) is 16.0 Å². The summed E-state index contributed by atoms with van der Waals surface area (Å²) in [4.78, 5) is 14.0. The van der Waals surface area contributed by atoms with E-state index in [1.807, 2.05) is 41.3 Å². The minimum atomic E-state index is 0.0594. The molecule has 1 amide bonds. The van der Waals surface area contributed by atoms with E-state index in [1.165, 1.54) is 6.42 Å². The van der Waals surface area contributed by atoms with Gasteiger partial charge in [-0.3, -0.25) is 4.79 Å². The van der Waals surface area contributed by atoms with Gasteiger partial charge in [0.05, 0.1) is 0 Å². The molecule has 3 rings (SSSR count). The van der Waals surface area contributed by atoms with E-state index in [1.54, 1.807) is 12.2 Å². The van der Waals surface area contributed by atoms with Gasteiger partial charge in [-0.05, 0) is 61.7 Å². The van der Waals surface area contributed by atoms with E-state index in [-0.39, 0.29) is 5.91 Å². The number of amides is 1. The Morgan fingerprint density at radius 1 is 1.05 bits per heavy atom. The first-order valence-corrected chi connectivity index (χ1v) is 7.93. The first kappa shape index (κ1) is 14.9. The summed E-state index contributed by atoms with van der Waals surface area (Å²) in [5.41, 5.74) is 0.964. The van der Waals surface area contributed by atoms with Crippen molar-refractivity contribution >= 4 is 23.6 Å². The van der Waals surface area contributed by atoms with Gasteiger partial charge >= 0.3 is 0 Å². The molecule has 0 aliphatic carbocycles. The van der Waals surface area contributed by atoms with Gasteiger partial charge in [-0.25, -0.2) is 0 Å². The minimum Gasteiger partial charge on any atom is -0.457 e. The Morgan fingerprint density at radius 3 is 2.50 bits per heavy atom. The Hall–Kier alpha value is -2.00. The maximum absolute atomic E-state index is 12.1. The van der Waals surface area contributed by atoms with Gasteiger partial charge in [-0.1, -0.05) is 11.6 Å². The zero-order valence-electron chi connectivity index (χ0n) is 12.3. The fourth-order valence-corrected chi connectivity index (χ4v) is 2.71. The fourth-order valence-electron chi connectivity index (χ4n) is 2.58. The summed E-state index contributed by atoms with van der Waals surface area (Å²) in [6.45, 7) is 1.72. The molecule has 0 spiro atoms. The highest BCUT2D eigenvalue weighted by molar-refractivity contribution is 6.30. The molecule has 1 fully saturated rings. The molecule has 0 bridgehead atoms. The highest BCUT2D eigenvalue weighted by atomic mass is 35.5. The van der Waals surface area contributed by atoms with Crippen molar-refractivity contribution in [1.82, 2.24) is 4.90 Å². The number of hydrogen-bond acceptors (Lipinski definition) is 2. The predicted molar refractivity (Wildman–Crippen MR) is 88.6 cm³/mol. The van der Waals surface area contributed by atoms with Crippen molar-refractivity contribution in [3.8, 4) is 11.3 Å². The van der Waals surface area contributed by atoms with E-state index < -0.39 is 0 Å². The van der Waals surface area contributed by atoms with Crippen LogP contribution in [-0.4, -0.2) is 23.9 Å². The number of furan rings is 1. The third-order valence-electron chi connectivity index (χ3n) is 3.81. The topological polar surface area (TPSA) is 33.5 Å². The largest absolute Gasteiger partial charge is 0.457 e. The maximum Gasteiger partial charge on any atom is 0.246 e. The number of halogens is 1. The van der Waals surface area contributed by atoms with Gasteiger partial charge in [0.25, 0.3) is 0 Å². The molecule has 1 aliphatic heterocycles. The van der Waals surface area contributed by atoms with Gasteiger partial charge in [-0.15, -0.1) is 0 Å². The van der Waals surface area contributed by atoms with Crippen molar-refractivity contribution in [1.29, 1.82) is 0 Å². The van der Waals surface area contributed by atoms with Crippen LogP contribution in [0.4, 0.5) is 0 Å². The molecule has 1 aliphatic rings. The van der Waals surface area contributed by atoms with Crippen molar-refractivity contribution in [2.75, 3.05) is 13.1 Å². The molecule has 1 aromatic carbocycles. The van der Waals surface area contributed by atoms with E-state index in [9.17, 15) is 4.79 Å². The molecule has 1 aromatic heterocycles. The smallest absolute Gasteiger partial charge is 0.246 e. The predicted octanol–water partition coefficient (Wildman–Crippen LogP) is 4.63. The second-order valence-electron chi connectivity index (χ2n) is 5.43. The Morgan fingerprint density at radius 2 is 1.77 bits per heavy atom. The van der Waals surface area contributed by atoms with Crippen LogP contribution in [0.3, 0.4) is 0 Å². The SMILES string of the molecule is O=C(/C=C/c1ccc(-c2ccc(Cl)cc2)o1)N1CCCCC1. The third kappa shape index (κ3) is 3.60. The second-order valence-corrected chi connectivity index (χ2v) is 5.86. The normalized spacial score (nSPS) is 15.4. The van der Waals surface area contributed by atoms with Crippen LogP contribution in [0.2, 0.25) is 5.02 Å². The van der Waals surface area contributed by atoms with Crippen molar-refractivity contribution in [3.05, 3.63) is 53.3 Å². The molecule has 1 saturated heterocycles. The lowest BCUT2D eigenvalue weighted by atomic mass is 10.1. The molecule has 0 N–H and O–H groups in total. The van der Waals surface area contributed by atoms with Gasteiger partial charge in [0.15, 0.2) is 0 Å². The molecular weight excluding hydrogens is 298 g/mol. The van der Waals surface area contributed by atoms with E-state index in [0.29, 0.717) is 10.8 Å². The van der Waals surface area contributed by atoms with Crippen LogP contribution in [0.15, 0.2) is 46.9 Å². The summed E-state index contributed by atoms with van der Waals surface area (Å²) in [7, 11) is 0. The van der Waals surface area contributed by atoms with Gasteiger partial charge < -0.3 is 9.32 Å². The summed E-state index contributed by atoms with van der Waals surface area (Å²) in [5, 5.41) is 0.697. The first-order valence-electron chi connectivity index (χ1n) is 7.55. The highest BCUT2D eigenvalue weighted by Gasteiger charge is 2.13. The molecule has 0 saturated carbocycles. The maximum atomic E-state index is 12.1. The number of carbonyl (C=O) groups is 1. The van der Waals surface area contributed by atoms with Crippen molar-refractivity contribution in [2.24, 2.45) is 0 Å². The van der Waals surface area contributed by atoms with Crippen molar-refractivity contribution in [2.45, 2.75) is 19.3 Å². The zero-order valence-corrected chi connectivity index (χ0v) is 13.1. The molecule has 114 valence electrons. The second kappa shape index (κ2) is 6.84. The molecule has 4 heteroatoms. The Labute approximate surface area is 135 Å². The number of piperidine rings is 1. The van der Waals surface area contributed by atoms with Gasteiger partial charge in [0.1, 0.15) is 11.5 Å². The van der Waals surface area contributed by atoms with Crippen LogP contribution < -0.4 is 0 Å². The van der Waals surface area contributed by atoms with Crippen LogP contribution >= 0.6 is 11.6 Å². The van der Waals surface area contributed by atoms with Crippen molar-refractivity contribution < 1.29 is 9.21 Å². The summed E-state index contributed by atoms with van der Waals surface area (Å²) < 4.78 is 5.75. The third-order valence-corrected chi connectivity index (χ3v) is 4.07. The quantitative estimate of drug-likeness (QED) is 0.774. The lowest BCUT2D eigenvalue weighted by Crippen LogP contribution is -2.34. The number of carbonyl (C=O) groups excluding carboxylic acids is 1. The molecular formula is C18H18ClNO2. The molecule has 2 aromatic rings. The van der Waals surface area contributed by atoms with Gasteiger partial charge in [-0.2, -0.15) is 0 Å². The summed E-state index contributed by atoms with van der Waals surface area (Å²) in [5.74, 6) is 1.50. The Kier molecular flexibility index (Phi) is 4.64. The molecule has 2 heterocycles. The van der Waals surface area contributed by atoms with Crippen LogP contribution in [0.25, 0.3) is 17.4 Å². The van der Waals surface area contributed by atoms with Crippen LogP contribution in [0.1, 0.15) is 25.0 Å². The monoisotopic (exact) mass is 315 g/mol. The average molecular weight is 316 g/mol. The first-order chi connectivity index (χ1) is 10.7. The van der Waals surface area contributed by atoms with Crippen LogP contribution in [0.5, 0.6) is 0 Å². The lowest BCUT2D eigenvalue weighted by Gasteiger charge is -2.25. The van der Waals surface area contributed by atoms with Gasteiger partial charge in [0.2, 0.25) is 5.91 Å². The lowest BCUT2D eigenvalue weighted by molar-refractivity contribution is -0.126. The van der Waals surface area contributed by atoms with Crippen LogP contribution in [-0.2, 0) is 4.79 Å². The number of rotatable bonds is 3. The fraction of sp³-hybridized carbons (Fsp3) is 0.278. The minimum absolute atomic E-state index is 0.0594. The Balaban J connectivity index is 1.67. The number of nitrogens with zero attached hydrogens (tertiary/aromatic N) is 1. The molecule has 0 atom stereocenters. The molecule has 3 nitrogen and oxygen atoms in total. The van der Waals surface area contributed by atoms with E-state index in [2.05, 4.69) is 0 Å². The van der Waals surface area contributed by atoms with Crippen molar-refractivity contribution in [3.63, 3.8) is 0 Å². The van der Waals surface area contributed by atoms with E-state index in [0.717, 1.165) is 37.3 Å². The molecule has 22 heavy (non-hydrogen) atoms. The average Bonchev–Trinajstić information content (AvgIpc) is 3.03. The number of hydrogen-bond donors (Lipinski definition) is 0. The summed E-state index contributed by atoms with van der Waals surface area (Å²) in [6, 6.07) is 11.2.